The number of pyridine rings is 1. The lowest BCUT2D eigenvalue weighted by Gasteiger charge is -2.34. The Morgan fingerprint density at radius 2 is 2.00 bits per heavy atom. The van der Waals surface area contributed by atoms with Gasteiger partial charge in [-0.3, -0.25) is 14.5 Å². The number of rotatable bonds is 4. The lowest BCUT2D eigenvalue weighted by atomic mass is 10.1. The third-order valence-electron chi connectivity index (χ3n) is 5.60. The zero-order valence-electron chi connectivity index (χ0n) is 16.2. The molecule has 0 N–H and O–H groups in total. The normalized spacial score (nSPS) is 21.0. The van der Waals surface area contributed by atoms with Gasteiger partial charge in [-0.2, -0.15) is 5.10 Å². The molecule has 4 rings (SSSR count). The van der Waals surface area contributed by atoms with Crippen LogP contribution in [0.5, 0.6) is 0 Å². The molecule has 2 fully saturated rings. The van der Waals surface area contributed by atoms with E-state index in [0.717, 1.165) is 57.0 Å². The number of anilines is 1. The largest absolute Gasteiger partial charge is 0.369 e. The quantitative estimate of drug-likeness (QED) is 0.822. The summed E-state index contributed by atoms with van der Waals surface area (Å²) in [6.07, 6.45) is 5.54. The van der Waals surface area contributed by atoms with Crippen LogP contribution in [0.15, 0.2) is 30.6 Å². The lowest BCUT2D eigenvalue weighted by Crippen LogP contribution is -2.44. The van der Waals surface area contributed by atoms with E-state index in [4.69, 9.17) is 4.98 Å². The second kappa shape index (κ2) is 7.68. The second-order valence-electron chi connectivity index (χ2n) is 7.63. The van der Waals surface area contributed by atoms with Crippen LogP contribution in [0.3, 0.4) is 0 Å². The van der Waals surface area contributed by atoms with Crippen molar-refractivity contribution >= 4 is 11.6 Å². The van der Waals surface area contributed by atoms with Crippen LogP contribution in [0.4, 0.5) is 5.69 Å². The molecule has 2 aliphatic heterocycles. The monoisotopic (exact) mass is 368 g/mol. The van der Waals surface area contributed by atoms with Crippen LogP contribution in [0.1, 0.15) is 30.3 Å². The Morgan fingerprint density at radius 1 is 1.19 bits per heavy atom. The fraction of sp³-hybridized carbons (Fsp3) is 0.550. The van der Waals surface area contributed by atoms with Crippen LogP contribution in [-0.2, 0) is 11.3 Å². The van der Waals surface area contributed by atoms with Crippen LogP contribution in [-0.4, -0.2) is 70.2 Å². The Balaban J connectivity index is 1.53. The molecule has 0 aromatic carbocycles. The molecule has 1 unspecified atom stereocenters. The molecule has 0 radical (unpaired) electrons. The van der Waals surface area contributed by atoms with Crippen molar-refractivity contribution in [2.24, 2.45) is 0 Å². The van der Waals surface area contributed by atoms with Gasteiger partial charge in [0.2, 0.25) is 5.91 Å². The summed E-state index contributed by atoms with van der Waals surface area (Å²) in [6.45, 7) is 7.36. The lowest BCUT2D eigenvalue weighted by molar-refractivity contribution is -0.133. The number of carbonyl (C=O) groups is 1. The molecule has 2 aliphatic rings. The number of hydrogen-bond donors (Lipinski definition) is 0. The molecular formula is C20H28N6O. The number of nitrogens with zero attached hydrogens (tertiary/aromatic N) is 6. The SMILES string of the molecule is Cc1cc(N2CCN(C)CC2)cc(C2CCCN2C(=O)Cn2cccn2)n1. The number of likely N-dealkylation sites (tertiary alicyclic amines) is 1. The van der Waals surface area contributed by atoms with Crippen LogP contribution < -0.4 is 4.90 Å². The molecule has 27 heavy (non-hydrogen) atoms. The van der Waals surface area contributed by atoms with Gasteiger partial charge < -0.3 is 14.7 Å². The van der Waals surface area contributed by atoms with Crippen LogP contribution in [0.2, 0.25) is 0 Å². The Bertz CT molecular complexity index is 782. The summed E-state index contributed by atoms with van der Waals surface area (Å²) >= 11 is 0. The summed E-state index contributed by atoms with van der Waals surface area (Å²) in [4.78, 5) is 24.4. The van der Waals surface area contributed by atoms with Gasteiger partial charge in [0, 0.05) is 56.5 Å². The molecule has 2 saturated heterocycles. The number of aryl methyl sites for hydroxylation is 1. The second-order valence-corrected chi connectivity index (χ2v) is 7.63. The van der Waals surface area contributed by atoms with Crippen molar-refractivity contribution in [2.75, 3.05) is 44.7 Å². The van der Waals surface area contributed by atoms with Gasteiger partial charge in [0.1, 0.15) is 6.54 Å². The van der Waals surface area contributed by atoms with Crippen molar-refractivity contribution < 1.29 is 4.79 Å². The first-order valence-corrected chi connectivity index (χ1v) is 9.79. The fourth-order valence-electron chi connectivity index (χ4n) is 4.09. The molecule has 0 aliphatic carbocycles. The van der Waals surface area contributed by atoms with Gasteiger partial charge in [0.25, 0.3) is 0 Å². The first-order valence-electron chi connectivity index (χ1n) is 9.79. The number of hydrogen-bond acceptors (Lipinski definition) is 5. The molecule has 2 aromatic rings. The molecule has 1 amide bonds. The first kappa shape index (κ1) is 18.0. The average Bonchev–Trinajstić information content (AvgIpc) is 3.33. The maximum absolute atomic E-state index is 12.8. The summed E-state index contributed by atoms with van der Waals surface area (Å²) < 4.78 is 1.69. The minimum absolute atomic E-state index is 0.0687. The number of piperazine rings is 1. The van der Waals surface area contributed by atoms with Gasteiger partial charge in [0.05, 0.1) is 11.7 Å². The topological polar surface area (TPSA) is 57.5 Å². The number of amides is 1. The van der Waals surface area contributed by atoms with Gasteiger partial charge in [-0.05, 0) is 45.0 Å². The summed E-state index contributed by atoms with van der Waals surface area (Å²) in [5, 5.41) is 4.16. The molecule has 0 bridgehead atoms. The number of aromatic nitrogens is 3. The fourth-order valence-corrected chi connectivity index (χ4v) is 4.09. The highest BCUT2D eigenvalue weighted by molar-refractivity contribution is 5.76. The zero-order valence-corrected chi connectivity index (χ0v) is 16.2. The minimum Gasteiger partial charge on any atom is -0.369 e. The Kier molecular flexibility index (Phi) is 5.11. The van der Waals surface area contributed by atoms with E-state index in [-0.39, 0.29) is 11.9 Å². The Labute approximate surface area is 160 Å². The maximum atomic E-state index is 12.8. The van der Waals surface area contributed by atoms with Crippen molar-refractivity contribution in [1.82, 2.24) is 24.6 Å². The highest BCUT2D eigenvalue weighted by atomic mass is 16.2. The van der Waals surface area contributed by atoms with E-state index in [1.165, 1.54) is 5.69 Å². The van der Waals surface area contributed by atoms with E-state index < -0.39 is 0 Å². The standard InChI is InChI=1S/C20H28N6O/c1-16-13-17(24-11-9-23(2)10-12-24)14-18(22-16)19-5-3-8-26(19)20(27)15-25-7-4-6-21-25/h4,6-7,13-14,19H,3,5,8-12,15H2,1-2H3. The molecule has 7 heteroatoms. The molecular weight excluding hydrogens is 340 g/mol. The number of carbonyl (C=O) groups excluding carboxylic acids is 1. The predicted octanol–water partition coefficient (Wildman–Crippen LogP) is 1.70. The van der Waals surface area contributed by atoms with Crippen LogP contribution in [0.25, 0.3) is 0 Å². The van der Waals surface area contributed by atoms with E-state index in [0.29, 0.717) is 6.54 Å². The molecule has 4 heterocycles. The molecule has 144 valence electrons. The zero-order chi connectivity index (χ0) is 18.8. The first-order chi connectivity index (χ1) is 13.1. The van der Waals surface area contributed by atoms with Gasteiger partial charge in [-0.15, -0.1) is 0 Å². The van der Waals surface area contributed by atoms with E-state index in [9.17, 15) is 4.79 Å². The molecule has 7 nitrogen and oxygen atoms in total. The van der Waals surface area contributed by atoms with Crippen LogP contribution in [0, 0.1) is 6.92 Å². The highest BCUT2D eigenvalue weighted by Gasteiger charge is 2.31. The molecule has 2 aromatic heterocycles. The van der Waals surface area contributed by atoms with Crippen molar-refractivity contribution in [1.29, 1.82) is 0 Å². The third-order valence-corrected chi connectivity index (χ3v) is 5.60. The molecule has 1 atom stereocenters. The highest BCUT2D eigenvalue weighted by Crippen LogP contribution is 2.33. The Hall–Kier alpha value is -2.41. The number of likely N-dealkylation sites (N-methyl/N-ethyl adjacent to an activating group) is 1. The Morgan fingerprint density at radius 3 is 2.74 bits per heavy atom. The van der Waals surface area contributed by atoms with E-state index in [1.807, 2.05) is 24.1 Å². The van der Waals surface area contributed by atoms with Crippen molar-refractivity contribution in [3.05, 3.63) is 42.0 Å². The molecule has 0 spiro atoms. The van der Waals surface area contributed by atoms with Gasteiger partial charge in [-0.25, -0.2) is 0 Å². The predicted molar refractivity (Wildman–Crippen MR) is 105 cm³/mol. The smallest absolute Gasteiger partial charge is 0.244 e. The van der Waals surface area contributed by atoms with Gasteiger partial charge in [-0.1, -0.05) is 0 Å². The van der Waals surface area contributed by atoms with Crippen molar-refractivity contribution in [3.63, 3.8) is 0 Å². The summed E-state index contributed by atoms with van der Waals surface area (Å²) in [7, 11) is 2.17. The van der Waals surface area contributed by atoms with E-state index in [2.05, 4.69) is 34.1 Å². The average molecular weight is 368 g/mol. The third kappa shape index (κ3) is 3.98. The van der Waals surface area contributed by atoms with Gasteiger partial charge in [0.15, 0.2) is 0 Å². The summed E-state index contributed by atoms with van der Waals surface area (Å²) in [5.41, 5.74) is 3.28. The minimum atomic E-state index is 0.0687. The van der Waals surface area contributed by atoms with Crippen molar-refractivity contribution in [3.8, 4) is 0 Å². The van der Waals surface area contributed by atoms with E-state index >= 15 is 0 Å². The van der Waals surface area contributed by atoms with Crippen LogP contribution >= 0.6 is 0 Å². The molecule has 0 saturated carbocycles. The van der Waals surface area contributed by atoms with Crippen molar-refractivity contribution in [2.45, 2.75) is 32.4 Å². The van der Waals surface area contributed by atoms with Gasteiger partial charge >= 0.3 is 0 Å². The maximum Gasteiger partial charge on any atom is 0.244 e. The summed E-state index contributed by atoms with van der Waals surface area (Å²) in [6, 6.07) is 6.28. The summed E-state index contributed by atoms with van der Waals surface area (Å²) in [5.74, 6) is 0.116. The van der Waals surface area contributed by atoms with E-state index in [1.54, 1.807) is 10.9 Å².